The minimum Gasteiger partial charge on any atom is -0.345 e. The number of anilines is 2. The van der Waals surface area contributed by atoms with Crippen LogP contribution in [0, 0.1) is 0 Å². The van der Waals surface area contributed by atoms with Crippen LogP contribution in [0.5, 0.6) is 0 Å². The highest BCUT2D eigenvalue weighted by Crippen LogP contribution is 2.35. The van der Waals surface area contributed by atoms with E-state index in [2.05, 4.69) is 41.8 Å². The normalized spacial score (nSPS) is 12.5. The Balaban J connectivity index is 1.40. The van der Waals surface area contributed by atoms with Gasteiger partial charge in [-0.1, -0.05) is 19.1 Å². The topological polar surface area (TPSA) is 124 Å². The number of fused-ring (bicyclic) bond motifs is 2. The van der Waals surface area contributed by atoms with Crippen LogP contribution in [0.3, 0.4) is 0 Å². The summed E-state index contributed by atoms with van der Waals surface area (Å²) in [6.07, 6.45) is 13.2. The number of rotatable bonds is 5. The van der Waals surface area contributed by atoms with Gasteiger partial charge in [-0.3, -0.25) is 19.9 Å². The van der Waals surface area contributed by atoms with Gasteiger partial charge in [0.15, 0.2) is 11.6 Å². The summed E-state index contributed by atoms with van der Waals surface area (Å²) < 4.78 is 0. The number of nitrogens with one attached hydrogen (secondary N) is 4. The van der Waals surface area contributed by atoms with E-state index in [-0.39, 0.29) is 5.91 Å². The third kappa shape index (κ3) is 3.92. The van der Waals surface area contributed by atoms with Gasteiger partial charge in [0.25, 0.3) is 0 Å². The zero-order valence-corrected chi connectivity index (χ0v) is 19.4. The quantitative estimate of drug-likeness (QED) is 0.280. The number of carbonyl (C=O) groups excluding carboxylic acids is 1. The molecule has 176 valence electrons. The molecule has 1 amide bonds. The van der Waals surface area contributed by atoms with Crippen LogP contribution in [-0.2, 0) is 4.79 Å². The minimum atomic E-state index is -0.0530. The van der Waals surface area contributed by atoms with Crippen LogP contribution < -0.4 is 10.6 Å². The van der Waals surface area contributed by atoms with Gasteiger partial charge in [0.2, 0.25) is 5.91 Å². The molecule has 0 unspecified atom stereocenters. The molecular weight excluding hydrogens is 452 g/mol. The Labute approximate surface area is 206 Å². The number of carbonyl (C=O) groups is 1. The van der Waals surface area contributed by atoms with Crippen molar-refractivity contribution in [2.45, 2.75) is 13.3 Å². The van der Waals surface area contributed by atoms with E-state index in [1.165, 1.54) is 0 Å². The van der Waals surface area contributed by atoms with Gasteiger partial charge in [0.1, 0.15) is 5.69 Å². The first-order valence-electron chi connectivity index (χ1n) is 11.6. The lowest BCUT2D eigenvalue weighted by molar-refractivity contribution is -0.115. The molecule has 4 aromatic heterocycles. The van der Waals surface area contributed by atoms with Crippen molar-refractivity contribution >= 4 is 33.9 Å². The summed E-state index contributed by atoms with van der Waals surface area (Å²) >= 11 is 0. The highest BCUT2D eigenvalue weighted by molar-refractivity contribution is 5.96. The second kappa shape index (κ2) is 8.95. The molecule has 0 saturated carbocycles. The molecule has 9 nitrogen and oxygen atoms in total. The number of hydrogen-bond donors (Lipinski definition) is 4. The average molecular weight is 475 g/mol. The minimum absolute atomic E-state index is 0.0530. The maximum Gasteiger partial charge on any atom is 0.224 e. The van der Waals surface area contributed by atoms with Crippen LogP contribution in [0.1, 0.15) is 24.6 Å². The maximum atomic E-state index is 11.8. The molecule has 0 saturated heterocycles. The van der Waals surface area contributed by atoms with Gasteiger partial charge in [-0.05, 0) is 47.5 Å². The van der Waals surface area contributed by atoms with E-state index in [1.807, 2.05) is 55.6 Å². The summed E-state index contributed by atoms with van der Waals surface area (Å²) in [5.74, 6) is 1.31. The molecule has 0 atom stereocenters. The first-order valence-corrected chi connectivity index (χ1v) is 11.6. The van der Waals surface area contributed by atoms with Gasteiger partial charge in [-0.2, -0.15) is 5.10 Å². The number of pyridine rings is 2. The lowest BCUT2D eigenvalue weighted by atomic mass is 10.0. The molecule has 1 aromatic carbocycles. The number of allylic oxidation sites excluding steroid dienone is 2. The maximum absolute atomic E-state index is 11.8. The fourth-order valence-corrected chi connectivity index (χ4v) is 4.20. The number of benzene rings is 1. The van der Waals surface area contributed by atoms with Crippen LogP contribution >= 0.6 is 0 Å². The van der Waals surface area contributed by atoms with Gasteiger partial charge < -0.3 is 15.6 Å². The third-order valence-electron chi connectivity index (χ3n) is 6.01. The van der Waals surface area contributed by atoms with Crippen molar-refractivity contribution in [1.82, 2.24) is 30.1 Å². The van der Waals surface area contributed by atoms with Crippen LogP contribution in [0.15, 0.2) is 79.5 Å². The molecule has 5 heterocycles. The molecule has 1 aliphatic rings. The lowest BCUT2D eigenvalue weighted by Crippen LogP contribution is -2.09. The zero-order valence-electron chi connectivity index (χ0n) is 19.4. The van der Waals surface area contributed by atoms with Crippen molar-refractivity contribution in [3.8, 4) is 22.6 Å². The highest BCUT2D eigenvalue weighted by Gasteiger charge is 2.20. The van der Waals surface area contributed by atoms with Crippen molar-refractivity contribution in [3.05, 3.63) is 90.8 Å². The SMILES string of the molecule is CCC(=O)Nc1cncc(-c2ccc3[nH]nc(-c4nc5c([nH]4)C(c4ccncc4)=CC=CN5)c3c2)c1. The molecule has 9 heteroatoms. The summed E-state index contributed by atoms with van der Waals surface area (Å²) in [5, 5.41) is 14.7. The molecule has 0 aliphatic carbocycles. The van der Waals surface area contributed by atoms with E-state index in [0.29, 0.717) is 23.6 Å². The number of aromatic nitrogens is 6. The largest absolute Gasteiger partial charge is 0.345 e. The summed E-state index contributed by atoms with van der Waals surface area (Å²) in [5.41, 5.74) is 7.02. The van der Waals surface area contributed by atoms with Crippen LogP contribution in [0.25, 0.3) is 39.1 Å². The van der Waals surface area contributed by atoms with Crippen molar-refractivity contribution < 1.29 is 4.79 Å². The standard InChI is InChI=1S/C27H22N8O/c1-2-23(36)31-19-12-18(14-29-15-19)17-5-6-22-21(13-17)25(35-34-22)27-32-24-20(16-7-10-28-11-8-16)4-3-9-30-26(24)33-27/h3-15,30H,2H2,1H3,(H,31,36)(H,32,33)(H,34,35). The summed E-state index contributed by atoms with van der Waals surface area (Å²) in [4.78, 5) is 28.5. The van der Waals surface area contributed by atoms with E-state index in [0.717, 1.165) is 44.7 Å². The number of amides is 1. The van der Waals surface area contributed by atoms with E-state index in [1.54, 1.807) is 24.8 Å². The Morgan fingerprint density at radius 1 is 1.00 bits per heavy atom. The Morgan fingerprint density at radius 2 is 1.89 bits per heavy atom. The zero-order chi connectivity index (χ0) is 24.5. The van der Waals surface area contributed by atoms with Crippen molar-refractivity contribution in [1.29, 1.82) is 0 Å². The first kappa shape index (κ1) is 21.5. The van der Waals surface area contributed by atoms with Crippen molar-refractivity contribution in [2.75, 3.05) is 10.6 Å². The lowest BCUT2D eigenvalue weighted by Gasteiger charge is -2.07. The molecule has 36 heavy (non-hydrogen) atoms. The van der Waals surface area contributed by atoms with Gasteiger partial charge in [0.05, 0.1) is 23.1 Å². The van der Waals surface area contributed by atoms with Gasteiger partial charge in [-0.25, -0.2) is 4.98 Å². The fourth-order valence-electron chi connectivity index (χ4n) is 4.20. The smallest absolute Gasteiger partial charge is 0.224 e. The number of aromatic amines is 2. The predicted octanol–water partition coefficient (Wildman–Crippen LogP) is 5.13. The summed E-state index contributed by atoms with van der Waals surface area (Å²) in [6.45, 7) is 1.82. The van der Waals surface area contributed by atoms with Crippen LogP contribution in [-0.4, -0.2) is 36.0 Å². The second-order valence-corrected chi connectivity index (χ2v) is 8.33. The van der Waals surface area contributed by atoms with Crippen molar-refractivity contribution in [2.24, 2.45) is 0 Å². The van der Waals surface area contributed by atoms with Crippen molar-refractivity contribution in [3.63, 3.8) is 0 Å². The van der Waals surface area contributed by atoms with E-state index < -0.39 is 0 Å². The van der Waals surface area contributed by atoms with E-state index in [9.17, 15) is 4.79 Å². The molecule has 0 fully saturated rings. The third-order valence-corrected chi connectivity index (χ3v) is 6.01. The molecule has 0 spiro atoms. The number of nitrogens with zero attached hydrogens (tertiary/aromatic N) is 4. The first-order chi connectivity index (χ1) is 17.7. The number of H-pyrrole nitrogens is 2. The molecule has 0 bridgehead atoms. The van der Waals surface area contributed by atoms with Crippen LogP contribution in [0.4, 0.5) is 11.5 Å². The number of hydrogen-bond acceptors (Lipinski definition) is 6. The van der Waals surface area contributed by atoms with E-state index >= 15 is 0 Å². The number of imidazole rings is 1. The Morgan fingerprint density at radius 3 is 2.75 bits per heavy atom. The highest BCUT2D eigenvalue weighted by atomic mass is 16.1. The van der Waals surface area contributed by atoms with E-state index in [4.69, 9.17) is 4.98 Å². The predicted molar refractivity (Wildman–Crippen MR) is 140 cm³/mol. The fraction of sp³-hybridized carbons (Fsp3) is 0.0741. The van der Waals surface area contributed by atoms with Gasteiger partial charge >= 0.3 is 0 Å². The molecule has 4 N–H and O–H groups in total. The van der Waals surface area contributed by atoms with Gasteiger partial charge in [-0.15, -0.1) is 0 Å². The summed E-state index contributed by atoms with van der Waals surface area (Å²) in [7, 11) is 0. The molecule has 0 radical (unpaired) electrons. The monoisotopic (exact) mass is 474 g/mol. The molecular formula is C27H22N8O. The second-order valence-electron chi connectivity index (χ2n) is 8.33. The van der Waals surface area contributed by atoms with Gasteiger partial charge in [0, 0.05) is 47.7 Å². The summed E-state index contributed by atoms with van der Waals surface area (Å²) in [6, 6.07) is 11.9. The molecule has 5 aromatic rings. The Kier molecular flexibility index (Phi) is 5.34. The Bertz CT molecular complexity index is 1650. The molecule has 6 rings (SSSR count). The molecule has 1 aliphatic heterocycles. The average Bonchev–Trinajstić information content (AvgIpc) is 3.48. The van der Waals surface area contributed by atoms with Crippen LogP contribution in [0.2, 0.25) is 0 Å². The Hall–Kier alpha value is -5.05.